The molecule has 3 nitrogen and oxygen atoms in total. The van der Waals surface area contributed by atoms with Gasteiger partial charge in [-0.05, 0) is 12.5 Å². The van der Waals surface area contributed by atoms with Gasteiger partial charge in [-0.25, -0.2) is 0 Å². The maximum Gasteiger partial charge on any atom is 0.248 e. The van der Waals surface area contributed by atoms with E-state index in [0.717, 1.165) is 11.3 Å². The maximum absolute atomic E-state index is 10.7. The average molecular weight is 148 g/mol. The van der Waals surface area contributed by atoms with Crippen LogP contribution >= 0.6 is 0 Å². The molecule has 0 aromatic carbocycles. The van der Waals surface area contributed by atoms with Crippen molar-refractivity contribution in [1.29, 1.82) is 5.26 Å². The molecule has 56 valence electrons. The summed E-state index contributed by atoms with van der Waals surface area (Å²) in [6.07, 6.45) is 0.350. The van der Waals surface area contributed by atoms with Crippen LogP contribution in [0.25, 0.3) is 0 Å². The Kier molecular flexibility index (Phi) is 2.07. The van der Waals surface area contributed by atoms with Crippen molar-refractivity contribution in [3.05, 3.63) is 33.7 Å². The second-order valence-corrected chi connectivity index (χ2v) is 2.31. The lowest BCUT2D eigenvalue weighted by Crippen LogP contribution is -2.06. The molecule has 1 aromatic rings. The smallest absolute Gasteiger partial charge is 0.248 e. The van der Waals surface area contributed by atoms with Gasteiger partial charge in [0.2, 0.25) is 5.56 Å². The Morgan fingerprint density at radius 3 is 2.91 bits per heavy atom. The van der Waals surface area contributed by atoms with Gasteiger partial charge < -0.3 is 4.98 Å². The van der Waals surface area contributed by atoms with Crippen molar-refractivity contribution in [2.24, 2.45) is 0 Å². The van der Waals surface area contributed by atoms with Crippen LogP contribution in [0.5, 0.6) is 0 Å². The molecule has 1 rings (SSSR count). The summed E-state index contributed by atoms with van der Waals surface area (Å²) in [5.74, 6) is 0. The van der Waals surface area contributed by atoms with E-state index in [0.29, 0.717) is 6.42 Å². The summed E-state index contributed by atoms with van der Waals surface area (Å²) < 4.78 is 0. The number of nitrogens with one attached hydrogen (secondary N) is 1. The van der Waals surface area contributed by atoms with Crippen LogP contribution in [-0.4, -0.2) is 4.98 Å². The molecule has 0 aliphatic carbocycles. The van der Waals surface area contributed by atoms with E-state index in [4.69, 9.17) is 5.26 Å². The van der Waals surface area contributed by atoms with Crippen molar-refractivity contribution in [3.63, 3.8) is 0 Å². The van der Waals surface area contributed by atoms with E-state index in [1.165, 1.54) is 6.07 Å². The van der Waals surface area contributed by atoms with Crippen LogP contribution in [0.1, 0.15) is 11.3 Å². The van der Waals surface area contributed by atoms with Crippen molar-refractivity contribution in [1.82, 2.24) is 4.98 Å². The predicted octanol–water partition coefficient (Wildman–Crippen LogP) is 0.749. The highest BCUT2D eigenvalue weighted by Crippen LogP contribution is 2.00. The van der Waals surface area contributed by atoms with Gasteiger partial charge in [0.15, 0.2) is 0 Å². The predicted molar refractivity (Wildman–Crippen MR) is 41.1 cm³/mol. The summed E-state index contributed by atoms with van der Waals surface area (Å²) in [5, 5.41) is 8.37. The molecule has 0 aliphatic rings. The molecule has 0 saturated carbocycles. The molecule has 0 bridgehead atoms. The van der Waals surface area contributed by atoms with Crippen molar-refractivity contribution in [2.75, 3.05) is 0 Å². The highest BCUT2D eigenvalue weighted by molar-refractivity contribution is 5.21. The lowest BCUT2D eigenvalue weighted by molar-refractivity contribution is 1.07. The molecule has 11 heavy (non-hydrogen) atoms. The molecule has 0 saturated heterocycles. The van der Waals surface area contributed by atoms with Crippen molar-refractivity contribution < 1.29 is 0 Å². The van der Waals surface area contributed by atoms with Gasteiger partial charge >= 0.3 is 0 Å². The van der Waals surface area contributed by atoms with Gasteiger partial charge in [0.1, 0.15) is 0 Å². The van der Waals surface area contributed by atoms with E-state index in [1.54, 1.807) is 13.0 Å². The fraction of sp³-hybridized carbons (Fsp3) is 0.250. The maximum atomic E-state index is 10.7. The Labute approximate surface area is 64.3 Å². The number of nitriles is 1. The van der Waals surface area contributed by atoms with Gasteiger partial charge in [0, 0.05) is 11.8 Å². The first-order valence-corrected chi connectivity index (χ1v) is 3.30. The second kappa shape index (κ2) is 3.02. The fourth-order valence-electron chi connectivity index (χ4n) is 0.885. The Hall–Kier alpha value is -1.56. The number of rotatable bonds is 1. The van der Waals surface area contributed by atoms with E-state index >= 15 is 0 Å². The SMILES string of the molecule is Cc1[nH]c(=O)ccc1CC#N. The lowest BCUT2D eigenvalue weighted by Gasteiger charge is -1.97. The standard InChI is InChI=1S/C8H8N2O/c1-6-7(4-5-9)2-3-8(11)10-6/h2-3H,4H2,1H3,(H,10,11). The molecule has 3 heteroatoms. The molecular weight excluding hydrogens is 140 g/mol. The zero-order valence-electron chi connectivity index (χ0n) is 6.22. The van der Waals surface area contributed by atoms with Gasteiger partial charge in [0.25, 0.3) is 0 Å². The van der Waals surface area contributed by atoms with Crippen LogP contribution in [-0.2, 0) is 6.42 Å². The number of hydrogen-bond acceptors (Lipinski definition) is 2. The van der Waals surface area contributed by atoms with Crippen LogP contribution in [0.4, 0.5) is 0 Å². The first-order valence-electron chi connectivity index (χ1n) is 3.30. The largest absolute Gasteiger partial charge is 0.326 e. The molecule has 0 radical (unpaired) electrons. The normalized spacial score (nSPS) is 9.09. The number of aromatic amines is 1. The number of aryl methyl sites for hydroxylation is 1. The van der Waals surface area contributed by atoms with E-state index in [1.807, 2.05) is 6.07 Å². The van der Waals surface area contributed by atoms with Crippen LogP contribution in [0.2, 0.25) is 0 Å². The second-order valence-electron chi connectivity index (χ2n) is 2.31. The van der Waals surface area contributed by atoms with Gasteiger partial charge in [0.05, 0.1) is 12.5 Å². The number of nitrogens with zero attached hydrogens (tertiary/aromatic N) is 1. The summed E-state index contributed by atoms with van der Waals surface area (Å²) in [5.41, 5.74) is 1.54. The monoisotopic (exact) mass is 148 g/mol. The molecule has 1 aromatic heterocycles. The van der Waals surface area contributed by atoms with E-state index in [2.05, 4.69) is 4.98 Å². The zero-order valence-corrected chi connectivity index (χ0v) is 6.22. The van der Waals surface area contributed by atoms with Crippen LogP contribution < -0.4 is 5.56 Å². The van der Waals surface area contributed by atoms with Crippen LogP contribution in [0.3, 0.4) is 0 Å². The quantitative estimate of drug-likeness (QED) is 0.638. The molecule has 0 unspecified atom stereocenters. The minimum atomic E-state index is -0.121. The third-order valence-corrected chi connectivity index (χ3v) is 1.50. The van der Waals surface area contributed by atoms with Crippen molar-refractivity contribution in [2.45, 2.75) is 13.3 Å². The molecule has 1 heterocycles. The summed E-state index contributed by atoms with van der Waals surface area (Å²) in [6.45, 7) is 1.79. The summed E-state index contributed by atoms with van der Waals surface area (Å²) >= 11 is 0. The Bertz CT molecular complexity index is 346. The zero-order chi connectivity index (χ0) is 8.27. The highest BCUT2D eigenvalue weighted by atomic mass is 16.1. The molecule has 0 amide bonds. The topological polar surface area (TPSA) is 56.6 Å². The van der Waals surface area contributed by atoms with Crippen molar-refractivity contribution in [3.8, 4) is 6.07 Å². The number of H-pyrrole nitrogens is 1. The van der Waals surface area contributed by atoms with Gasteiger partial charge in [-0.1, -0.05) is 6.07 Å². The van der Waals surface area contributed by atoms with E-state index in [-0.39, 0.29) is 5.56 Å². The summed E-state index contributed by atoms with van der Waals surface area (Å²) in [4.78, 5) is 13.3. The Morgan fingerprint density at radius 1 is 1.64 bits per heavy atom. The molecule has 0 fully saturated rings. The molecular formula is C8H8N2O. The fourth-order valence-corrected chi connectivity index (χ4v) is 0.885. The molecule has 0 spiro atoms. The van der Waals surface area contributed by atoms with Crippen LogP contribution in [0, 0.1) is 18.3 Å². The first kappa shape index (κ1) is 7.55. The summed E-state index contributed by atoms with van der Waals surface area (Å²) in [6, 6.07) is 5.13. The number of hydrogen-bond donors (Lipinski definition) is 1. The minimum Gasteiger partial charge on any atom is -0.326 e. The van der Waals surface area contributed by atoms with Crippen molar-refractivity contribution >= 4 is 0 Å². The minimum absolute atomic E-state index is 0.121. The molecule has 0 atom stereocenters. The summed E-state index contributed by atoms with van der Waals surface area (Å²) in [7, 11) is 0. The Balaban J connectivity index is 3.11. The van der Waals surface area contributed by atoms with E-state index in [9.17, 15) is 4.79 Å². The highest BCUT2D eigenvalue weighted by Gasteiger charge is 1.96. The Morgan fingerprint density at radius 2 is 2.36 bits per heavy atom. The number of aromatic nitrogens is 1. The molecule has 0 aliphatic heterocycles. The van der Waals surface area contributed by atoms with E-state index < -0.39 is 0 Å². The van der Waals surface area contributed by atoms with Gasteiger partial charge in [-0.3, -0.25) is 4.79 Å². The third kappa shape index (κ3) is 1.68. The first-order chi connectivity index (χ1) is 5.24. The van der Waals surface area contributed by atoms with Gasteiger partial charge in [-0.2, -0.15) is 5.26 Å². The average Bonchev–Trinajstić information content (AvgIpc) is 1.95. The van der Waals surface area contributed by atoms with Gasteiger partial charge in [-0.15, -0.1) is 0 Å². The number of pyridine rings is 1. The third-order valence-electron chi connectivity index (χ3n) is 1.50. The van der Waals surface area contributed by atoms with Crippen LogP contribution in [0.15, 0.2) is 16.9 Å². The molecule has 1 N–H and O–H groups in total. The lowest BCUT2D eigenvalue weighted by atomic mass is 10.1.